The van der Waals surface area contributed by atoms with Crippen LogP contribution in [0.1, 0.15) is 258 Å². The second-order valence-electron chi connectivity index (χ2n) is 17.4. The molecule has 0 radical (unpaired) electrons. The molecule has 0 aliphatic carbocycles. The first kappa shape index (κ1) is 59.5. The number of allylic oxidation sites excluding steroid dienone is 4. The predicted molar refractivity (Wildman–Crippen MR) is 257 cm³/mol. The monoisotopic (exact) mass is 884 g/mol. The number of phosphoric acid groups is 1. The van der Waals surface area contributed by atoms with Crippen molar-refractivity contribution in [1.82, 2.24) is 0 Å². The van der Waals surface area contributed by atoms with E-state index in [2.05, 4.69) is 38.2 Å². The van der Waals surface area contributed by atoms with E-state index in [0.717, 1.165) is 57.8 Å². The van der Waals surface area contributed by atoms with Crippen LogP contribution in [-0.4, -0.2) is 49.3 Å². The fourth-order valence-electron chi connectivity index (χ4n) is 7.49. The molecule has 3 N–H and O–H groups in total. The number of nitrogens with two attached hydrogens (primary N) is 1. The summed E-state index contributed by atoms with van der Waals surface area (Å²) in [4.78, 5) is 35.0. The molecule has 0 saturated heterocycles. The number of hydrogen-bond donors (Lipinski definition) is 2. The Morgan fingerprint density at radius 1 is 0.492 bits per heavy atom. The molecule has 0 aliphatic rings. The third-order valence-corrected chi connectivity index (χ3v) is 12.3. The van der Waals surface area contributed by atoms with Crippen LogP contribution in [0.4, 0.5) is 0 Å². The Morgan fingerprint density at radius 3 is 1.26 bits per heavy atom. The maximum atomic E-state index is 12.6. The zero-order chi connectivity index (χ0) is 44.6. The number of carbonyl (C=O) groups excluding carboxylic acids is 2. The Kier molecular flexibility index (Phi) is 46.8. The third kappa shape index (κ3) is 47.8. The summed E-state index contributed by atoms with van der Waals surface area (Å²) in [7, 11) is -4.38. The Morgan fingerprint density at radius 2 is 0.852 bits per heavy atom. The van der Waals surface area contributed by atoms with Crippen LogP contribution in [0.15, 0.2) is 24.3 Å². The standard InChI is InChI=1S/C51H98NO8P/c1-3-5-7-9-11-13-15-17-19-21-22-23-24-25-26-27-28-30-31-33-35-37-39-41-43-50(53)57-47-49(48-59-61(55,56)58-46-45-52)60-51(54)44-42-40-38-36-34-32-29-20-18-16-14-12-10-8-6-4-2/h14,16,20,29,49H,3-13,15,17-19,21-28,30-48,52H2,1-2H3,(H,55,56)/b16-14-,29-20-. The van der Waals surface area contributed by atoms with Gasteiger partial charge in [-0.15, -0.1) is 0 Å². The van der Waals surface area contributed by atoms with E-state index in [1.807, 2.05) is 0 Å². The highest BCUT2D eigenvalue weighted by atomic mass is 31.2. The van der Waals surface area contributed by atoms with Crippen LogP contribution in [-0.2, 0) is 32.7 Å². The lowest BCUT2D eigenvalue weighted by molar-refractivity contribution is -0.161. The van der Waals surface area contributed by atoms with Crippen LogP contribution in [0.3, 0.4) is 0 Å². The minimum absolute atomic E-state index is 0.0527. The van der Waals surface area contributed by atoms with Crippen LogP contribution < -0.4 is 5.73 Å². The van der Waals surface area contributed by atoms with Gasteiger partial charge < -0.3 is 20.1 Å². The number of ether oxygens (including phenoxy) is 2. The van der Waals surface area contributed by atoms with Gasteiger partial charge in [-0.25, -0.2) is 4.57 Å². The molecular weight excluding hydrogens is 786 g/mol. The summed E-state index contributed by atoms with van der Waals surface area (Å²) in [6.45, 7) is 3.75. The van der Waals surface area contributed by atoms with Gasteiger partial charge in [0, 0.05) is 19.4 Å². The van der Waals surface area contributed by atoms with Gasteiger partial charge in [0.25, 0.3) is 0 Å². The fraction of sp³-hybridized carbons (Fsp3) is 0.882. The van der Waals surface area contributed by atoms with Gasteiger partial charge in [0.1, 0.15) is 6.61 Å². The molecule has 0 rings (SSSR count). The third-order valence-electron chi connectivity index (χ3n) is 11.3. The van der Waals surface area contributed by atoms with Crippen molar-refractivity contribution in [3.8, 4) is 0 Å². The number of unbranched alkanes of at least 4 members (excludes halogenated alkanes) is 32. The number of esters is 2. The van der Waals surface area contributed by atoms with Crippen LogP contribution in [0.5, 0.6) is 0 Å². The molecule has 0 aromatic heterocycles. The smallest absolute Gasteiger partial charge is 0.462 e. The van der Waals surface area contributed by atoms with Gasteiger partial charge in [0.05, 0.1) is 13.2 Å². The van der Waals surface area contributed by atoms with Crippen molar-refractivity contribution in [1.29, 1.82) is 0 Å². The second kappa shape index (κ2) is 48.0. The molecule has 61 heavy (non-hydrogen) atoms. The molecule has 0 spiro atoms. The van der Waals surface area contributed by atoms with Crippen molar-refractivity contribution in [2.45, 2.75) is 264 Å². The van der Waals surface area contributed by atoms with Crippen molar-refractivity contribution < 1.29 is 37.6 Å². The van der Waals surface area contributed by atoms with Crippen LogP contribution in [0, 0.1) is 0 Å². The maximum Gasteiger partial charge on any atom is 0.472 e. The lowest BCUT2D eigenvalue weighted by Gasteiger charge is -2.19. The minimum atomic E-state index is -4.38. The zero-order valence-corrected chi connectivity index (χ0v) is 40.8. The first-order valence-electron chi connectivity index (χ1n) is 25.8. The summed E-state index contributed by atoms with van der Waals surface area (Å²) >= 11 is 0. The van der Waals surface area contributed by atoms with E-state index < -0.39 is 26.5 Å². The molecule has 0 aliphatic heterocycles. The van der Waals surface area contributed by atoms with Gasteiger partial charge in [0.15, 0.2) is 6.10 Å². The minimum Gasteiger partial charge on any atom is -0.462 e. The number of hydrogen-bond acceptors (Lipinski definition) is 8. The van der Waals surface area contributed by atoms with Crippen LogP contribution in [0.25, 0.3) is 0 Å². The highest BCUT2D eigenvalue weighted by molar-refractivity contribution is 7.47. The van der Waals surface area contributed by atoms with E-state index in [9.17, 15) is 19.0 Å². The molecule has 0 saturated carbocycles. The molecule has 0 heterocycles. The van der Waals surface area contributed by atoms with Gasteiger partial charge in [-0.3, -0.25) is 18.6 Å². The highest BCUT2D eigenvalue weighted by Gasteiger charge is 2.26. The molecule has 0 fully saturated rings. The Balaban J connectivity index is 3.98. The van der Waals surface area contributed by atoms with Gasteiger partial charge in [-0.05, 0) is 44.9 Å². The molecular formula is C51H98NO8P. The van der Waals surface area contributed by atoms with E-state index in [1.165, 1.54) is 167 Å². The normalized spacial score (nSPS) is 13.3. The first-order valence-corrected chi connectivity index (χ1v) is 27.3. The lowest BCUT2D eigenvalue weighted by atomic mass is 10.0. The molecule has 0 amide bonds. The maximum absolute atomic E-state index is 12.6. The molecule has 0 aromatic rings. The van der Waals surface area contributed by atoms with Gasteiger partial charge in [-0.2, -0.15) is 0 Å². The Labute approximate surface area is 376 Å². The predicted octanol–water partition coefficient (Wildman–Crippen LogP) is 15.5. The first-order chi connectivity index (χ1) is 29.8. The topological polar surface area (TPSA) is 134 Å². The largest absolute Gasteiger partial charge is 0.472 e. The van der Waals surface area contributed by atoms with Crippen LogP contribution in [0.2, 0.25) is 0 Å². The summed E-state index contributed by atoms with van der Waals surface area (Å²) < 4.78 is 32.9. The lowest BCUT2D eigenvalue weighted by Crippen LogP contribution is -2.29. The molecule has 2 atom stereocenters. The van der Waals surface area contributed by atoms with Gasteiger partial charge in [0.2, 0.25) is 0 Å². The molecule has 0 bridgehead atoms. The van der Waals surface area contributed by atoms with Gasteiger partial charge >= 0.3 is 19.8 Å². The van der Waals surface area contributed by atoms with Crippen molar-refractivity contribution in [3.05, 3.63) is 24.3 Å². The average Bonchev–Trinajstić information content (AvgIpc) is 3.25. The zero-order valence-electron chi connectivity index (χ0n) is 39.9. The summed E-state index contributed by atoms with van der Waals surface area (Å²) in [5, 5.41) is 0. The average molecular weight is 884 g/mol. The number of carbonyl (C=O) groups is 2. The molecule has 360 valence electrons. The van der Waals surface area contributed by atoms with E-state index in [-0.39, 0.29) is 38.6 Å². The van der Waals surface area contributed by atoms with E-state index in [0.29, 0.717) is 6.42 Å². The summed E-state index contributed by atoms with van der Waals surface area (Å²) in [6, 6.07) is 0. The Bertz CT molecular complexity index is 1050. The second-order valence-corrected chi connectivity index (χ2v) is 18.9. The quantitative estimate of drug-likeness (QED) is 0.0265. The van der Waals surface area contributed by atoms with Crippen molar-refractivity contribution in [2.24, 2.45) is 5.73 Å². The molecule has 9 nitrogen and oxygen atoms in total. The Hall–Kier alpha value is -1.51. The van der Waals surface area contributed by atoms with Crippen molar-refractivity contribution in [3.63, 3.8) is 0 Å². The summed E-state index contributed by atoms with van der Waals surface area (Å²) in [5.41, 5.74) is 5.36. The number of phosphoric ester groups is 1. The van der Waals surface area contributed by atoms with Gasteiger partial charge in [-0.1, -0.05) is 224 Å². The SMILES string of the molecule is CCCCCC/C=C\C/C=C\CCCCCCCC(=O)OC(COC(=O)CCCCCCCCCCCCCCCCCCCCCCCCCC)COP(=O)(O)OCCN. The van der Waals surface area contributed by atoms with Crippen LogP contribution >= 0.6 is 7.82 Å². The molecule has 2 unspecified atom stereocenters. The summed E-state index contributed by atoms with van der Waals surface area (Å²) in [6.07, 6.45) is 53.7. The number of rotatable bonds is 49. The fourth-order valence-corrected chi connectivity index (χ4v) is 8.26. The molecule has 0 aromatic carbocycles. The molecule has 10 heteroatoms. The van der Waals surface area contributed by atoms with Crippen molar-refractivity contribution >= 4 is 19.8 Å². The van der Waals surface area contributed by atoms with E-state index >= 15 is 0 Å². The van der Waals surface area contributed by atoms with Crippen molar-refractivity contribution in [2.75, 3.05) is 26.4 Å². The summed E-state index contributed by atoms with van der Waals surface area (Å²) in [5.74, 6) is -0.831. The highest BCUT2D eigenvalue weighted by Crippen LogP contribution is 2.43. The van der Waals surface area contributed by atoms with E-state index in [4.69, 9.17) is 24.3 Å². The van der Waals surface area contributed by atoms with E-state index in [1.54, 1.807) is 0 Å².